The summed E-state index contributed by atoms with van der Waals surface area (Å²) in [5.41, 5.74) is 5.15. The van der Waals surface area contributed by atoms with Crippen molar-refractivity contribution in [3.8, 4) is 0 Å². The van der Waals surface area contributed by atoms with Gasteiger partial charge >= 0.3 is 0 Å². The summed E-state index contributed by atoms with van der Waals surface area (Å²) in [6.45, 7) is 0. The summed E-state index contributed by atoms with van der Waals surface area (Å²) in [5.74, 6) is -1.67. The molecule has 0 saturated carbocycles. The SMILES string of the molecule is NC(=O)c1ccccc1S(=O)(=O)NC(=O)c1ccccc1. The molecule has 21 heavy (non-hydrogen) atoms. The minimum atomic E-state index is -4.18. The molecule has 0 saturated heterocycles. The Balaban J connectivity index is 2.36. The number of hydrogen-bond donors (Lipinski definition) is 2. The van der Waals surface area contributed by atoms with Gasteiger partial charge in [0.25, 0.3) is 15.9 Å². The lowest BCUT2D eigenvalue weighted by atomic mass is 10.2. The van der Waals surface area contributed by atoms with Crippen LogP contribution in [0.1, 0.15) is 20.7 Å². The van der Waals surface area contributed by atoms with Crippen LogP contribution in [0.5, 0.6) is 0 Å². The number of carbonyl (C=O) groups excluding carboxylic acids is 2. The van der Waals surface area contributed by atoms with E-state index < -0.39 is 21.8 Å². The topological polar surface area (TPSA) is 106 Å². The lowest BCUT2D eigenvalue weighted by Crippen LogP contribution is -2.32. The van der Waals surface area contributed by atoms with Gasteiger partial charge in [-0.2, -0.15) is 0 Å². The second-order valence-corrected chi connectivity index (χ2v) is 5.81. The molecule has 6 nitrogen and oxygen atoms in total. The summed E-state index contributed by atoms with van der Waals surface area (Å²) in [6, 6.07) is 13.3. The third kappa shape index (κ3) is 3.26. The van der Waals surface area contributed by atoms with Crippen molar-refractivity contribution in [2.75, 3.05) is 0 Å². The van der Waals surface area contributed by atoms with Crippen LogP contribution in [0.15, 0.2) is 59.5 Å². The van der Waals surface area contributed by atoms with Gasteiger partial charge in [-0.15, -0.1) is 0 Å². The third-order valence-corrected chi connectivity index (χ3v) is 4.09. The van der Waals surface area contributed by atoms with E-state index in [1.54, 1.807) is 18.2 Å². The molecule has 0 atom stereocenters. The Morgan fingerprint density at radius 2 is 1.48 bits per heavy atom. The van der Waals surface area contributed by atoms with Gasteiger partial charge in [0.2, 0.25) is 5.91 Å². The van der Waals surface area contributed by atoms with Crippen LogP contribution in [0.4, 0.5) is 0 Å². The fourth-order valence-electron chi connectivity index (χ4n) is 1.73. The molecule has 2 amide bonds. The van der Waals surface area contributed by atoms with Crippen LogP contribution < -0.4 is 10.5 Å². The first-order valence-electron chi connectivity index (χ1n) is 5.93. The van der Waals surface area contributed by atoms with Crippen molar-refractivity contribution in [1.29, 1.82) is 0 Å². The van der Waals surface area contributed by atoms with Crippen LogP contribution >= 0.6 is 0 Å². The van der Waals surface area contributed by atoms with E-state index in [2.05, 4.69) is 0 Å². The van der Waals surface area contributed by atoms with Crippen molar-refractivity contribution in [1.82, 2.24) is 4.72 Å². The van der Waals surface area contributed by atoms with Gasteiger partial charge in [-0.3, -0.25) is 9.59 Å². The first kappa shape index (κ1) is 14.7. The molecule has 7 heteroatoms. The van der Waals surface area contributed by atoms with Crippen LogP contribution in [-0.2, 0) is 10.0 Å². The maximum atomic E-state index is 12.2. The molecule has 0 aliphatic heterocycles. The average Bonchev–Trinajstić information content (AvgIpc) is 2.47. The van der Waals surface area contributed by atoms with Crippen LogP contribution in [0.2, 0.25) is 0 Å². The molecule has 0 aliphatic carbocycles. The number of nitrogens with two attached hydrogens (primary N) is 1. The summed E-state index contributed by atoms with van der Waals surface area (Å²) in [4.78, 5) is 22.8. The van der Waals surface area contributed by atoms with Crippen LogP contribution in [0.25, 0.3) is 0 Å². The van der Waals surface area contributed by atoms with E-state index in [1.165, 1.54) is 36.4 Å². The molecule has 0 heterocycles. The molecule has 0 aromatic heterocycles. The third-order valence-electron chi connectivity index (χ3n) is 2.71. The monoisotopic (exact) mass is 304 g/mol. The highest BCUT2D eigenvalue weighted by molar-refractivity contribution is 7.90. The zero-order valence-corrected chi connectivity index (χ0v) is 11.6. The maximum Gasteiger partial charge on any atom is 0.265 e. The van der Waals surface area contributed by atoms with E-state index in [-0.39, 0.29) is 16.0 Å². The average molecular weight is 304 g/mol. The molecule has 0 bridgehead atoms. The first-order valence-corrected chi connectivity index (χ1v) is 7.41. The van der Waals surface area contributed by atoms with Crippen LogP contribution in [0, 0.1) is 0 Å². The minimum absolute atomic E-state index is 0.175. The van der Waals surface area contributed by atoms with Gasteiger partial charge in [0.15, 0.2) is 0 Å². The largest absolute Gasteiger partial charge is 0.366 e. The first-order chi connectivity index (χ1) is 9.92. The van der Waals surface area contributed by atoms with Gasteiger partial charge < -0.3 is 5.73 Å². The predicted octanol–water partition coefficient (Wildman–Crippen LogP) is 0.904. The molecule has 2 aromatic rings. The predicted molar refractivity (Wildman–Crippen MR) is 76.1 cm³/mol. The quantitative estimate of drug-likeness (QED) is 0.875. The Hall–Kier alpha value is -2.67. The van der Waals surface area contributed by atoms with Crippen molar-refractivity contribution < 1.29 is 18.0 Å². The minimum Gasteiger partial charge on any atom is -0.366 e. The van der Waals surface area contributed by atoms with Crippen molar-refractivity contribution in [2.24, 2.45) is 5.73 Å². The zero-order valence-electron chi connectivity index (χ0n) is 10.8. The van der Waals surface area contributed by atoms with Crippen molar-refractivity contribution in [2.45, 2.75) is 4.90 Å². The number of sulfonamides is 1. The lowest BCUT2D eigenvalue weighted by Gasteiger charge is -2.09. The number of amides is 2. The number of hydrogen-bond acceptors (Lipinski definition) is 4. The van der Waals surface area contributed by atoms with E-state index in [9.17, 15) is 18.0 Å². The molecule has 2 rings (SSSR count). The number of rotatable bonds is 4. The molecule has 108 valence electrons. The Morgan fingerprint density at radius 1 is 0.905 bits per heavy atom. The van der Waals surface area contributed by atoms with Crippen LogP contribution in [0.3, 0.4) is 0 Å². The van der Waals surface area contributed by atoms with Gasteiger partial charge in [0.1, 0.15) is 4.90 Å². The van der Waals surface area contributed by atoms with E-state index in [0.717, 1.165) is 0 Å². The highest BCUT2D eigenvalue weighted by Crippen LogP contribution is 2.15. The molecule has 0 fully saturated rings. The molecule has 3 N–H and O–H groups in total. The fraction of sp³-hybridized carbons (Fsp3) is 0. The smallest absolute Gasteiger partial charge is 0.265 e. The Bertz CT molecular complexity index is 786. The van der Waals surface area contributed by atoms with Crippen LogP contribution in [-0.4, -0.2) is 20.2 Å². The van der Waals surface area contributed by atoms with E-state index in [0.29, 0.717) is 0 Å². The highest BCUT2D eigenvalue weighted by Gasteiger charge is 2.23. The molecule has 0 spiro atoms. The molecule has 0 unspecified atom stereocenters. The van der Waals surface area contributed by atoms with E-state index in [4.69, 9.17) is 5.73 Å². The Kier molecular flexibility index (Phi) is 4.04. The zero-order chi connectivity index (χ0) is 15.5. The Labute approximate surface area is 121 Å². The summed E-state index contributed by atoms with van der Waals surface area (Å²) >= 11 is 0. The fourth-order valence-corrected chi connectivity index (χ4v) is 2.92. The lowest BCUT2D eigenvalue weighted by molar-refractivity contribution is 0.0975. The van der Waals surface area contributed by atoms with Crippen molar-refractivity contribution in [3.63, 3.8) is 0 Å². The normalized spacial score (nSPS) is 10.9. The van der Waals surface area contributed by atoms with Crippen molar-refractivity contribution in [3.05, 3.63) is 65.7 Å². The summed E-state index contributed by atoms with van der Waals surface area (Å²) in [6.07, 6.45) is 0. The van der Waals surface area contributed by atoms with Gasteiger partial charge in [-0.25, -0.2) is 13.1 Å². The van der Waals surface area contributed by atoms with Gasteiger partial charge in [0.05, 0.1) is 5.56 Å². The number of primary amides is 1. The summed E-state index contributed by atoms with van der Waals surface area (Å²) in [7, 11) is -4.18. The molecular weight excluding hydrogens is 292 g/mol. The van der Waals surface area contributed by atoms with Gasteiger partial charge in [0, 0.05) is 5.56 Å². The number of benzene rings is 2. The number of carbonyl (C=O) groups is 2. The molecule has 0 radical (unpaired) electrons. The summed E-state index contributed by atoms with van der Waals surface area (Å²) in [5, 5.41) is 0. The standard InChI is InChI=1S/C14H12N2O4S/c15-13(17)11-8-4-5-9-12(11)21(19,20)16-14(18)10-6-2-1-3-7-10/h1-9H,(H2,15,17)(H,16,18). The second kappa shape index (κ2) is 5.76. The highest BCUT2D eigenvalue weighted by atomic mass is 32.2. The van der Waals surface area contributed by atoms with E-state index >= 15 is 0 Å². The maximum absolute atomic E-state index is 12.2. The molecule has 0 aliphatic rings. The van der Waals surface area contributed by atoms with E-state index in [1.807, 2.05) is 4.72 Å². The molecular formula is C14H12N2O4S. The second-order valence-electron chi connectivity index (χ2n) is 4.16. The van der Waals surface area contributed by atoms with Gasteiger partial charge in [-0.1, -0.05) is 30.3 Å². The van der Waals surface area contributed by atoms with Gasteiger partial charge in [-0.05, 0) is 24.3 Å². The molecule has 2 aromatic carbocycles. The summed E-state index contributed by atoms with van der Waals surface area (Å²) < 4.78 is 26.3. The van der Waals surface area contributed by atoms with Crippen molar-refractivity contribution >= 4 is 21.8 Å². The Morgan fingerprint density at radius 3 is 2.10 bits per heavy atom. The number of nitrogens with one attached hydrogen (secondary N) is 1.